The number of hydrogen-bond acceptors (Lipinski definition) is 12. The Hall–Kier alpha value is -4.41. The normalized spacial score (nSPS) is 16.6. The van der Waals surface area contributed by atoms with Crippen LogP contribution in [0.5, 0.6) is 11.5 Å². The number of aliphatic hydroxyl groups excluding tert-OH is 1. The SMILES string of the molecule is CC(C)OC(=O)C(C)NP(=O)(OCC(OCn1ccc(NC(=O)c2ccc3c(c2)NC(C)(C)CO3)nc1=O)C(O)C(F)F)Oc1ccccc1. The zero-order valence-corrected chi connectivity index (χ0v) is 28.9. The van der Waals surface area contributed by atoms with Crippen molar-refractivity contribution in [3.63, 3.8) is 0 Å². The van der Waals surface area contributed by atoms with Crippen molar-refractivity contribution in [3.05, 3.63) is 76.8 Å². The predicted molar refractivity (Wildman–Crippen MR) is 177 cm³/mol. The van der Waals surface area contributed by atoms with Crippen LogP contribution in [0.4, 0.5) is 20.3 Å². The molecular weight excluding hydrogens is 683 g/mol. The number of ether oxygens (including phenoxy) is 3. The number of nitrogens with zero attached hydrogens (tertiary/aromatic N) is 2. The van der Waals surface area contributed by atoms with Gasteiger partial charge in [0, 0.05) is 11.8 Å². The first-order chi connectivity index (χ1) is 23.5. The molecule has 3 aromatic rings. The lowest BCUT2D eigenvalue weighted by molar-refractivity contribution is -0.149. The van der Waals surface area contributed by atoms with Gasteiger partial charge >= 0.3 is 19.4 Å². The number of aliphatic hydroxyl groups is 1. The third kappa shape index (κ3) is 10.8. The first-order valence-corrected chi connectivity index (χ1v) is 17.1. The van der Waals surface area contributed by atoms with Crippen LogP contribution < -0.4 is 30.7 Å². The van der Waals surface area contributed by atoms with Gasteiger partial charge in [0.1, 0.15) is 48.9 Å². The number of hydrogen-bond donors (Lipinski definition) is 4. The largest absolute Gasteiger partial charge is 0.489 e. The van der Waals surface area contributed by atoms with Crippen molar-refractivity contribution in [1.82, 2.24) is 14.6 Å². The van der Waals surface area contributed by atoms with E-state index in [0.29, 0.717) is 18.0 Å². The molecule has 0 bridgehead atoms. The van der Waals surface area contributed by atoms with Gasteiger partial charge in [-0.25, -0.2) is 18.1 Å². The van der Waals surface area contributed by atoms with Crippen molar-refractivity contribution < 1.29 is 51.3 Å². The maximum absolute atomic E-state index is 13.7. The number of para-hydroxylation sites is 1. The predicted octanol–water partition coefficient (Wildman–Crippen LogP) is 4.18. The zero-order chi connectivity index (χ0) is 36.6. The van der Waals surface area contributed by atoms with Crippen molar-refractivity contribution in [1.29, 1.82) is 0 Å². The number of carbonyl (C=O) groups is 2. The van der Waals surface area contributed by atoms with Crippen LogP contribution in [0.3, 0.4) is 0 Å². The molecule has 18 heteroatoms. The Balaban J connectivity index is 1.43. The minimum atomic E-state index is -4.50. The van der Waals surface area contributed by atoms with Crippen LogP contribution in [0.1, 0.15) is 45.0 Å². The average molecular weight is 724 g/mol. The lowest BCUT2D eigenvalue weighted by Gasteiger charge is -2.33. The number of amides is 1. The Morgan fingerprint density at radius 2 is 1.86 bits per heavy atom. The highest BCUT2D eigenvalue weighted by atomic mass is 31.2. The summed E-state index contributed by atoms with van der Waals surface area (Å²) in [4.78, 5) is 41.8. The van der Waals surface area contributed by atoms with E-state index in [1.54, 1.807) is 50.2 Å². The summed E-state index contributed by atoms with van der Waals surface area (Å²) in [6.45, 7) is 7.28. The Morgan fingerprint density at radius 3 is 2.52 bits per heavy atom. The first kappa shape index (κ1) is 38.4. The number of halogens is 2. The van der Waals surface area contributed by atoms with Crippen LogP contribution in [0.15, 0.2) is 65.6 Å². The quantitative estimate of drug-likeness (QED) is 0.122. The van der Waals surface area contributed by atoms with E-state index in [1.165, 1.54) is 31.3 Å². The lowest BCUT2D eigenvalue weighted by atomic mass is 10.0. The van der Waals surface area contributed by atoms with Crippen LogP contribution in [0, 0.1) is 0 Å². The fraction of sp³-hybridized carbons (Fsp3) is 0.438. The molecule has 4 atom stereocenters. The smallest absolute Gasteiger partial charge is 0.459 e. The van der Waals surface area contributed by atoms with E-state index in [2.05, 4.69) is 20.7 Å². The summed E-state index contributed by atoms with van der Waals surface area (Å²) < 4.78 is 69.0. The number of anilines is 2. The number of alkyl halides is 2. The van der Waals surface area contributed by atoms with Gasteiger partial charge in [-0.2, -0.15) is 10.1 Å². The zero-order valence-electron chi connectivity index (χ0n) is 28.0. The third-order valence-corrected chi connectivity index (χ3v) is 8.56. The molecule has 1 aliphatic heterocycles. The molecule has 1 aliphatic rings. The number of carbonyl (C=O) groups excluding carboxylic acids is 2. The highest BCUT2D eigenvalue weighted by Crippen LogP contribution is 2.45. The van der Waals surface area contributed by atoms with E-state index in [9.17, 15) is 32.8 Å². The molecule has 2 heterocycles. The molecule has 0 spiro atoms. The Kier molecular flexibility index (Phi) is 12.7. The molecule has 50 heavy (non-hydrogen) atoms. The van der Waals surface area contributed by atoms with Crippen molar-refractivity contribution in [2.75, 3.05) is 23.8 Å². The molecule has 4 N–H and O–H groups in total. The Bertz CT molecular complexity index is 1740. The first-order valence-electron chi connectivity index (χ1n) is 15.5. The molecule has 4 rings (SSSR count). The van der Waals surface area contributed by atoms with Crippen LogP contribution in [-0.2, 0) is 30.1 Å². The molecule has 0 saturated carbocycles. The number of nitrogens with one attached hydrogen (secondary N) is 3. The van der Waals surface area contributed by atoms with Gasteiger partial charge in [0.2, 0.25) is 0 Å². The molecule has 0 fully saturated rings. The van der Waals surface area contributed by atoms with Gasteiger partial charge in [0.05, 0.1) is 23.9 Å². The second kappa shape index (κ2) is 16.5. The van der Waals surface area contributed by atoms with Gasteiger partial charge in [-0.3, -0.25) is 18.7 Å². The van der Waals surface area contributed by atoms with Gasteiger partial charge in [-0.05, 0) is 71.0 Å². The summed E-state index contributed by atoms with van der Waals surface area (Å²) in [6, 6.07) is 12.6. The van der Waals surface area contributed by atoms with Crippen molar-refractivity contribution in [2.24, 2.45) is 0 Å². The van der Waals surface area contributed by atoms with E-state index in [-0.39, 0.29) is 22.7 Å². The van der Waals surface area contributed by atoms with Gasteiger partial charge in [0.15, 0.2) is 0 Å². The van der Waals surface area contributed by atoms with Crippen LogP contribution in [0.25, 0.3) is 0 Å². The van der Waals surface area contributed by atoms with E-state index >= 15 is 0 Å². The number of esters is 1. The molecule has 1 aromatic heterocycles. The maximum Gasteiger partial charge on any atom is 0.459 e. The second-order valence-corrected chi connectivity index (χ2v) is 13.9. The van der Waals surface area contributed by atoms with Gasteiger partial charge in [-0.15, -0.1) is 0 Å². The highest BCUT2D eigenvalue weighted by Gasteiger charge is 2.37. The van der Waals surface area contributed by atoms with E-state index in [0.717, 1.165) is 4.57 Å². The summed E-state index contributed by atoms with van der Waals surface area (Å²) in [7, 11) is -4.50. The van der Waals surface area contributed by atoms with E-state index < -0.39 is 69.4 Å². The lowest BCUT2D eigenvalue weighted by Crippen LogP contribution is -2.41. The molecule has 4 unspecified atom stereocenters. The van der Waals surface area contributed by atoms with Crippen molar-refractivity contribution in [3.8, 4) is 11.5 Å². The maximum atomic E-state index is 13.7. The van der Waals surface area contributed by atoms with E-state index in [1.807, 2.05) is 13.8 Å². The molecule has 272 valence electrons. The standard InChI is InChI=1S/C32H40F2N5O10P/c1-19(2)48-30(42)20(3)38-50(44,49-22-9-7-6-8-10-22)47-16-25(27(40)28(33)34)46-18-39-14-13-26(36-31(39)43)35-29(41)21-11-12-24-23(15-21)37-32(4,5)17-45-24/h6-15,19-20,25,27-28,37,40H,16-18H2,1-5H3,(H,38,44)(H,35,36,41,43). The molecule has 1 amide bonds. The van der Waals surface area contributed by atoms with Crippen LogP contribution >= 0.6 is 7.75 Å². The van der Waals surface area contributed by atoms with Crippen LogP contribution in [-0.4, -0.2) is 76.1 Å². The van der Waals surface area contributed by atoms with Gasteiger partial charge in [0.25, 0.3) is 12.3 Å². The molecule has 0 radical (unpaired) electrons. The van der Waals surface area contributed by atoms with Crippen molar-refractivity contribution >= 4 is 31.1 Å². The highest BCUT2D eigenvalue weighted by molar-refractivity contribution is 7.52. The monoisotopic (exact) mass is 723 g/mol. The third-order valence-electron chi connectivity index (χ3n) is 6.92. The Morgan fingerprint density at radius 1 is 1.14 bits per heavy atom. The number of benzene rings is 2. The Labute approximate surface area is 286 Å². The van der Waals surface area contributed by atoms with Gasteiger partial charge in [-0.1, -0.05) is 18.2 Å². The fourth-order valence-electron chi connectivity index (χ4n) is 4.43. The topological polar surface area (TPSA) is 189 Å². The summed E-state index contributed by atoms with van der Waals surface area (Å²) in [5.41, 5.74) is -0.375. The number of fused-ring (bicyclic) bond motifs is 1. The molecular formula is C32H40F2N5O10P. The van der Waals surface area contributed by atoms with E-state index in [4.69, 9.17) is 23.3 Å². The summed E-state index contributed by atoms with van der Waals surface area (Å²) in [5.74, 6) is -0.790. The number of aromatic nitrogens is 2. The van der Waals surface area contributed by atoms with Gasteiger partial charge < -0.3 is 34.5 Å². The summed E-state index contributed by atoms with van der Waals surface area (Å²) in [6.07, 6.45) is -6.92. The second-order valence-electron chi connectivity index (χ2n) is 12.2. The number of rotatable bonds is 16. The minimum Gasteiger partial charge on any atom is -0.489 e. The fourth-order valence-corrected chi connectivity index (χ4v) is 5.93. The molecule has 0 saturated heterocycles. The average Bonchev–Trinajstić information content (AvgIpc) is 3.04. The minimum absolute atomic E-state index is 0.0608. The summed E-state index contributed by atoms with van der Waals surface area (Å²) in [5, 5.41) is 18.4. The summed E-state index contributed by atoms with van der Waals surface area (Å²) >= 11 is 0. The molecule has 15 nitrogen and oxygen atoms in total. The molecule has 0 aliphatic carbocycles. The van der Waals surface area contributed by atoms with Crippen molar-refractivity contribution in [2.45, 2.75) is 77.7 Å². The van der Waals surface area contributed by atoms with Crippen LogP contribution in [0.2, 0.25) is 0 Å². The molecule has 2 aromatic carbocycles.